The summed E-state index contributed by atoms with van der Waals surface area (Å²) in [5.74, 6) is -0.210. The monoisotopic (exact) mass is 317 g/mol. The maximum atomic E-state index is 13.8. The smallest absolute Gasteiger partial charge is 0.256 e. The van der Waals surface area contributed by atoms with Crippen molar-refractivity contribution in [2.24, 2.45) is 0 Å². The molecule has 114 valence electrons. The Balaban J connectivity index is 1.91. The van der Waals surface area contributed by atoms with Crippen molar-refractivity contribution in [3.05, 3.63) is 61.5 Å². The van der Waals surface area contributed by atoms with E-state index in [1.165, 1.54) is 11.6 Å². The summed E-state index contributed by atoms with van der Waals surface area (Å²) in [4.78, 5) is 20.0. The SMILES string of the molecule is CN1Cc2c([nH]c(=S)[nH]c2=O)CC12CCc1ccc(F)cc12. The number of halogens is 1. The molecule has 0 bridgehead atoms. The highest BCUT2D eigenvalue weighted by Gasteiger charge is 2.45. The second kappa shape index (κ2) is 4.60. The largest absolute Gasteiger partial charge is 0.335 e. The predicted octanol–water partition coefficient (Wildman–Crippen LogP) is 2.40. The van der Waals surface area contributed by atoms with Gasteiger partial charge in [-0.2, -0.15) is 0 Å². The summed E-state index contributed by atoms with van der Waals surface area (Å²) in [7, 11) is 2.00. The average Bonchev–Trinajstić information content (AvgIpc) is 2.81. The third kappa shape index (κ3) is 1.84. The van der Waals surface area contributed by atoms with Crippen molar-refractivity contribution in [3.63, 3.8) is 0 Å². The molecular formula is C16H16FN3OS. The highest BCUT2D eigenvalue weighted by Crippen LogP contribution is 2.46. The Labute approximate surface area is 132 Å². The summed E-state index contributed by atoms with van der Waals surface area (Å²) in [6.07, 6.45) is 2.51. The van der Waals surface area contributed by atoms with Crippen LogP contribution >= 0.6 is 12.2 Å². The van der Waals surface area contributed by atoms with E-state index >= 15 is 0 Å². The Kier molecular flexibility index (Phi) is 2.90. The fourth-order valence-electron chi connectivity index (χ4n) is 3.95. The number of hydrogen-bond donors (Lipinski definition) is 2. The summed E-state index contributed by atoms with van der Waals surface area (Å²) in [6.45, 7) is 0.534. The molecule has 2 aliphatic rings. The van der Waals surface area contributed by atoms with Crippen LogP contribution in [0.5, 0.6) is 0 Å². The van der Waals surface area contributed by atoms with E-state index in [4.69, 9.17) is 12.2 Å². The van der Waals surface area contributed by atoms with E-state index in [9.17, 15) is 9.18 Å². The van der Waals surface area contributed by atoms with Crippen LogP contribution in [0.25, 0.3) is 0 Å². The predicted molar refractivity (Wildman–Crippen MR) is 83.8 cm³/mol. The number of benzene rings is 1. The molecule has 1 spiro atoms. The zero-order chi connectivity index (χ0) is 15.5. The summed E-state index contributed by atoms with van der Waals surface area (Å²) in [5, 5.41) is 0. The fraction of sp³-hybridized carbons (Fsp3) is 0.375. The van der Waals surface area contributed by atoms with E-state index in [0.29, 0.717) is 17.7 Å². The van der Waals surface area contributed by atoms with E-state index in [-0.39, 0.29) is 16.9 Å². The van der Waals surface area contributed by atoms with Crippen molar-refractivity contribution in [2.75, 3.05) is 7.05 Å². The Morgan fingerprint density at radius 1 is 1.36 bits per heavy atom. The second-order valence-electron chi connectivity index (χ2n) is 6.23. The molecule has 2 heterocycles. The summed E-state index contributed by atoms with van der Waals surface area (Å²) < 4.78 is 14.1. The van der Waals surface area contributed by atoms with Gasteiger partial charge in [0.15, 0.2) is 4.77 Å². The highest BCUT2D eigenvalue weighted by molar-refractivity contribution is 7.71. The first-order chi connectivity index (χ1) is 10.5. The number of nitrogens with zero attached hydrogens (tertiary/aromatic N) is 1. The van der Waals surface area contributed by atoms with Crippen LogP contribution < -0.4 is 5.56 Å². The van der Waals surface area contributed by atoms with Crippen LogP contribution in [0.15, 0.2) is 23.0 Å². The van der Waals surface area contributed by atoms with Gasteiger partial charge in [0.1, 0.15) is 5.82 Å². The van der Waals surface area contributed by atoms with Gasteiger partial charge < -0.3 is 4.98 Å². The Morgan fingerprint density at radius 2 is 2.18 bits per heavy atom. The van der Waals surface area contributed by atoms with Crippen molar-refractivity contribution in [2.45, 2.75) is 31.3 Å². The number of fused-ring (bicyclic) bond motifs is 3. The second-order valence-corrected chi connectivity index (χ2v) is 6.64. The number of nitrogens with one attached hydrogen (secondary N) is 2. The number of aryl methyl sites for hydroxylation is 1. The molecule has 2 aromatic rings. The molecule has 1 aliphatic carbocycles. The minimum atomic E-state index is -0.253. The first-order valence-electron chi connectivity index (χ1n) is 7.34. The Hall–Kier alpha value is -1.79. The van der Waals surface area contributed by atoms with Crippen LogP contribution in [0.2, 0.25) is 0 Å². The average molecular weight is 317 g/mol. The van der Waals surface area contributed by atoms with E-state index in [1.807, 2.05) is 13.1 Å². The molecule has 2 N–H and O–H groups in total. The number of rotatable bonds is 0. The van der Waals surface area contributed by atoms with E-state index in [0.717, 1.165) is 29.7 Å². The van der Waals surface area contributed by atoms with Gasteiger partial charge in [-0.25, -0.2) is 4.39 Å². The third-order valence-electron chi connectivity index (χ3n) is 5.11. The van der Waals surface area contributed by atoms with Gasteiger partial charge in [-0.3, -0.25) is 14.7 Å². The first kappa shape index (κ1) is 13.8. The van der Waals surface area contributed by atoms with Crippen molar-refractivity contribution < 1.29 is 4.39 Å². The lowest BCUT2D eigenvalue weighted by Gasteiger charge is -2.43. The molecule has 1 atom stereocenters. The summed E-state index contributed by atoms with van der Waals surface area (Å²) in [5.41, 5.74) is 3.46. The normalized spacial score (nSPS) is 23.5. The van der Waals surface area contributed by atoms with Gasteiger partial charge in [0, 0.05) is 18.7 Å². The number of aromatic nitrogens is 2. The van der Waals surface area contributed by atoms with E-state index in [1.54, 1.807) is 6.07 Å². The third-order valence-corrected chi connectivity index (χ3v) is 5.31. The molecule has 1 aromatic carbocycles. The van der Waals surface area contributed by atoms with Crippen LogP contribution in [0.3, 0.4) is 0 Å². The minimum absolute atomic E-state index is 0.127. The Bertz CT molecular complexity index is 888. The number of H-pyrrole nitrogens is 2. The van der Waals surface area contributed by atoms with Crippen LogP contribution in [-0.4, -0.2) is 21.9 Å². The van der Waals surface area contributed by atoms with Crippen LogP contribution in [0, 0.1) is 10.6 Å². The molecule has 4 rings (SSSR count). The maximum Gasteiger partial charge on any atom is 0.256 e. The van der Waals surface area contributed by atoms with Crippen LogP contribution in [0.4, 0.5) is 4.39 Å². The quantitative estimate of drug-likeness (QED) is 0.734. The minimum Gasteiger partial charge on any atom is -0.335 e. The molecule has 22 heavy (non-hydrogen) atoms. The Morgan fingerprint density at radius 3 is 3.00 bits per heavy atom. The molecule has 1 aromatic heterocycles. The summed E-state index contributed by atoms with van der Waals surface area (Å²) >= 11 is 5.09. The zero-order valence-corrected chi connectivity index (χ0v) is 13.0. The van der Waals surface area contributed by atoms with Gasteiger partial charge >= 0.3 is 0 Å². The topological polar surface area (TPSA) is 51.9 Å². The van der Waals surface area contributed by atoms with Gasteiger partial charge in [0.2, 0.25) is 0 Å². The number of aromatic amines is 2. The molecule has 4 nitrogen and oxygen atoms in total. The van der Waals surface area contributed by atoms with Crippen molar-refractivity contribution >= 4 is 12.2 Å². The van der Waals surface area contributed by atoms with E-state index < -0.39 is 0 Å². The van der Waals surface area contributed by atoms with Gasteiger partial charge in [0.05, 0.1) is 11.1 Å². The van der Waals surface area contributed by atoms with E-state index in [2.05, 4.69) is 14.9 Å². The molecule has 6 heteroatoms. The summed E-state index contributed by atoms with van der Waals surface area (Å²) in [6, 6.07) is 5.04. The molecule has 0 saturated heterocycles. The lowest BCUT2D eigenvalue weighted by molar-refractivity contribution is 0.0920. The fourth-order valence-corrected chi connectivity index (χ4v) is 4.17. The standard InChI is InChI=1S/C16H16FN3OS/c1-20-8-11-13(18-15(22)19-14(11)21)7-16(20)5-4-9-2-3-10(17)6-12(9)16/h2-3,6H,4-5,7-8H2,1H3,(H2,18,19,21,22). The highest BCUT2D eigenvalue weighted by atomic mass is 32.1. The molecule has 0 fully saturated rings. The molecule has 0 radical (unpaired) electrons. The van der Waals surface area contributed by atoms with Crippen LogP contribution in [0.1, 0.15) is 28.8 Å². The molecule has 0 saturated carbocycles. The van der Waals surface area contributed by atoms with Gasteiger partial charge in [-0.05, 0) is 55.4 Å². The maximum absolute atomic E-state index is 13.8. The van der Waals surface area contributed by atoms with Gasteiger partial charge in [0.25, 0.3) is 5.56 Å². The first-order valence-corrected chi connectivity index (χ1v) is 7.75. The number of hydrogen-bond acceptors (Lipinski definition) is 3. The molecule has 0 amide bonds. The number of likely N-dealkylation sites (N-methyl/N-ethyl adjacent to an activating group) is 1. The lowest BCUT2D eigenvalue weighted by Crippen LogP contribution is -2.48. The van der Waals surface area contributed by atoms with Crippen molar-refractivity contribution in [1.82, 2.24) is 14.9 Å². The van der Waals surface area contributed by atoms with Crippen molar-refractivity contribution in [3.8, 4) is 0 Å². The van der Waals surface area contributed by atoms with Gasteiger partial charge in [-0.1, -0.05) is 6.07 Å². The van der Waals surface area contributed by atoms with Gasteiger partial charge in [-0.15, -0.1) is 0 Å². The lowest BCUT2D eigenvalue weighted by atomic mass is 9.81. The zero-order valence-electron chi connectivity index (χ0n) is 12.2. The molecule has 1 aliphatic heterocycles. The molecule has 1 unspecified atom stereocenters. The van der Waals surface area contributed by atoms with Crippen molar-refractivity contribution in [1.29, 1.82) is 0 Å². The van der Waals surface area contributed by atoms with Crippen LogP contribution in [-0.2, 0) is 24.9 Å². The molecular weight excluding hydrogens is 301 g/mol.